The van der Waals surface area contributed by atoms with Crippen molar-refractivity contribution in [3.05, 3.63) is 48.0 Å². The zero-order valence-electron chi connectivity index (χ0n) is 14.8. The van der Waals surface area contributed by atoms with E-state index in [0.29, 0.717) is 37.4 Å². The number of rotatable bonds is 4. The number of carbonyl (C=O) groups is 1. The summed E-state index contributed by atoms with van der Waals surface area (Å²) in [7, 11) is -3.74. The van der Waals surface area contributed by atoms with Gasteiger partial charge in [-0.1, -0.05) is 12.1 Å². The van der Waals surface area contributed by atoms with Crippen LogP contribution in [-0.4, -0.2) is 40.6 Å². The van der Waals surface area contributed by atoms with Crippen LogP contribution in [0.3, 0.4) is 0 Å². The lowest BCUT2D eigenvalue weighted by Crippen LogP contribution is -2.36. The molecule has 0 unspecified atom stereocenters. The number of benzene rings is 2. The van der Waals surface area contributed by atoms with Crippen LogP contribution in [-0.2, 0) is 26.0 Å². The molecule has 0 aromatic heterocycles. The number of hydrogen-bond acceptors (Lipinski definition) is 5. The summed E-state index contributed by atoms with van der Waals surface area (Å²) in [5.41, 5.74) is 2.90. The lowest BCUT2D eigenvalue weighted by atomic mass is 10.0. The van der Waals surface area contributed by atoms with Crippen LogP contribution >= 0.6 is 0 Å². The van der Waals surface area contributed by atoms with E-state index in [4.69, 9.17) is 4.74 Å². The second-order valence-electron chi connectivity index (χ2n) is 6.59. The van der Waals surface area contributed by atoms with Crippen molar-refractivity contribution in [3.8, 4) is 0 Å². The van der Waals surface area contributed by atoms with E-state index in [9.17, 15) is 13.2 Å². The van der Waals surface area contributed by atoms with Gasteiger partial charge < -0.3 is 15.0 Å². The fraction of sp³-hybridized carbons (Fsp3) is 0.316. The normalized spacial score (nSPS) is 17.2. The average molecular weight is 387 g/mol. The highest BCUT2D eigenvalue weighted by Crippen LogP contribution is 2.30. The molecule has 1 fully saturated rings. The predicted molar refractivity (Wildman–Crippen MR) is 104 cm³/mol. The molecule has 0 bridgehead atoms. The Bertz CT molecular complexity index is 969. The number of ether oxygens (including phenoxy) is 1. The summed E-state index contributed by atoms with van der Waals surface area (Å²) < 4.78 is 34.0. The van der Waals surface area contributed by atoms with E-state index in [1.54, 1.807) is 18.2 Å². The van der Waals surface area contributed by atoms with E-state index in [1.165, 1.54) is 6.07 Å². The third-order valence-corrected chi connectivity index (χ3v) is 6.15. The number of morpholine rings is 1. The molecule has 2 aromatic rings. The van der Waals surface area contributed by atoms with Crippen LogP contribution < -0.4 is 14.9 Å². The number of carbonyl (C=O) groups excluding carboxylic acids is 1. The third-order valence-electron chi connectivity index (χ3n) is 4.78. The molecule has 1 amide bonds. The van der Waals surface area contributed by atoms with Crippen molar-refractivity contribution in [3.63, 3.8) is 0 Å². The molecular formula is C19H21N3O4S. The summed E-state index contributed by atoms with van der Waals surface area (Å²) in [4.78, 5) is 13.8. The molecule has 2 aromatic carbocycles. The number of aryl methyl sites for hydroxylation is 1. The molecule has 8 heteroatoms. The molecule has 0 aliphatic carbocycles. The van der Waals surface area contributed by atoms with Crippen LogP contribution in [0.1, 0.15) is 12.0 Å². The quantitative estimate of drug-likeness (QED) is 0.840. The van der Waals surface area contributed by atoms with Gasteiger partial charge in [-0.25, -0.2) is 8.42 Å². The molecule has 1 saturated heterocycles. The van der Waals surface area contributed by atoms with E-state index >= 15 is 0 Å². The summed E-state index contributed by atoms with van der Waals surface area (Å²) in [6, 6.07) is 12.2. The minimum Gasteiger partial charge on any atom is -0.378 e. The van der Waals surface area contributed by atoms with Crippen molar-refractivity contribution in [2.24, 2.45) is 0 Å². The first-order valence-corrected chi connectivity index (χ1v) is 10.4. The summed E-state index contributed by atoms with van der Waals surface area (Å²) in [5, 5.41) is 2.77. The van der Waals surface area contributed by atoms with Crippen molar-refractivity contribution >= 4 is 33.0 Å². The molecule has 27 heavy (non-hydrogen) atoms. The molecule has 4 rings (SSSR count). The summed E-state index contributed by atoms with van der Waals surface area (Å²) in [5.74, 6) is -0.0457. The van der Waals surface area contributed by atoms with E-state index in [2.05, 4.69) is 14.9 Å². The number of fused-ring (bicyclic) bond motifs is 1. The van der Waals surface area contributed by atoms with Gasteiger partial charge in [0.15, 0.2) is 0 Å². The number of nitrogens with zero attached hydrogens (tertiary/aromatic N) is 1. The number of amides is 1. The van der Waals surface area contributed by atoms with Gasteiger partial charge in [-0.15, -0.1) is 0 Å². The Kier molecular flexibility index (Phi) is 4.75. The smallest absolute Gasteiger partial charge is 0.261 e. The van der Waals surface area contributed by atoms with Crippen molar-refractivity contribution in [1.29, 1.82) is 0 Å². The van der Waals surface area contributed by atoms with Gasteiger partial charge in [-0.3, -0.25) is 9.52 Å². The second-order valence-corrected chi connectivity index (χ2v) is 8.27. The first-order valence-electron chi connectivity index (χ1n) is 8.90. The minimum absolute atomic E-state index is 0.0457. The molecule has 0 radical (unpaired) electrons. The minimum atomic E-state index is -3.74. The maximum absolute atomic E-state index is 12.9. The molecular weight excluding hydrogens is 366 g/mol. The van der Waals surface area contributed by atoms with Crippen molar-refractivity contribution in [1.82, 2.24) is 0 Å². The van der Waals surface area contributed by atoms with Crippen LogP contribution in [0.4, 0.5) is 17.1 Å². The number of nitrogens with one attached hydrogen (secondary N) is 2. The van der Waals surface area contributed by atoms with E-state index in [0.717, 1.165) is 24.3 Å². The highest BCUT2D eigenvalue weighted by Gasteiger charge is 2.22. The second kappa shape index (κ2) is 7.21. The average Bonchev–Trinajstić information content (AvgIpc) is 2.68. The van der Waals surface area contributed by atoms with Gasteiger partial charge in [0.1, 0.15) is 0 Å². The van der Waals surface area contributed by atoms with Crippen LogP contribution in [0.5, 0.6) is 0 Å². The first-order chi connectivity index (χ1) is 13.0. The Labute approximate surface area is 158 Å². The van der Waals surface area contributed by atoms with Crippen molar-refractivity contribution in [2.75, 3.05) is 41.2 Å². The van der Waals surface area contributed by atoms with Crippen LogP contribution in [0.25, 0.3) is 0 Å². The number of anilines is 3. The molecule has 2 aliphatic rings. The molecule has 0 spiro atoms. The molecule has 0 atom stereocenters. The predicted octanol–water partition coefficient (Wildman–Crippen LogP) is 2.21. The zero-order chi connectivity index (χ0) is 18.9. The van der Waals surface area contributed by atoms with Crippen molar-refractivity contribution < 1.29 is 17.9 Å². The SMILES string of the molecule is O=C1CCc2cc(S(=O)(=O)Nc3ccccc3N3CCOCC3)ccc2N1. The van der Waals surface area contributed by atoms with Crippen LogP contribution in [0.2, 0.25) is 0 Å². The topological polar surface area (TPSA) is 87.7 Å². The van der Waals surface area contributed by atoms with Gasteiger partial charge in [-0.05, 0) is 42.3 Å². The third kappa shape index (κ3) is 3.77. The summed E-state index contributed by atoms with van der Waals surface area (Å²) >= 11 is 0. The Morgan fingerprint density at radius 3 is 2.63 bits per heavy atom. The lowest BCUT2D eigenvalue weighted by Gasteiger charge is -2.30. The van der Waals surface area contributed by atoms with Gasteiger partial charge >= 0.3 is 0 Å². The molecule has 7 nitrogen and oxygen atoms in total. The van der Waals surface area contributed by atoms with Gasteiger partial charge in [0, 0.05) is 25.2 Å². The molecule has 2 aliphatic heterocycles. The van der Waals surface area contributed by atoms with E-state index in [-0.39, 0.29) is 10.8 Å². The van der Waals surface area contributed by atoms with E-state index in [1.807, 2.05) is 18.2 Å². The highest BCUT2D eigenvalue weighted by atomic mass is 32.2. The van der Waals surface area contributed by atoms with Crippen LogP contribution in [0, 0.1) is 0 Å². The van der Waals surface area contributed by atoms with Crippen molar-refractivity contribution in [2.45, 2.75) is 17.7 Å². The standard InChI is InChI=1S/C19H21N3O4S/c23-19-8-5-14-13-15(6-7-16(14)20-19)27(24,25)21-17-3-1-2-4-18(17)22-9-11-26-12-10-22/h1-4,6-7,13,21H,5,8-12H2,(H,20,23). The van der Waals surface area contributed by atoms with Gasteiger partial charge in [0.25, 0.3) is 10.0 Å². The Morgan fingerprint density at radius 1 is 1.04 bits per heavy atom. The Morgan fingerprint density at radius 2 is 1.81 bits per heavy atom. The maximum Gasteiger partial charge on any atom is 0.261 e. The zero-order valence-corrected chi connectivity index (χ0v) is 15.6. The number of sulfonamides is 1. The Hall–Kier alpha value is -2.58. The fourth-order valence-corrected chi connectivity index (χ4v) is 4.50. The Balaban J connectivity index is 1.62. The lowest BCUT2D eigenvalue weighted by molar-refractivity contribution is -0.116. The summed E-state index contributed by atoms with van der Waals surface area (Å²) in [6.45, 7) is 2.68. The highest BCUT2D eigenvalue weighted by molar-refractivity contribution is 7.92. The number of hydrogen-bond donors (Lipinski definition) is 2. The molecule has 142 valence electrons. The van der Waals surface area contributed by atoms with Gasteiger partial charge in [-0.2, -0.15) is 0 Å². The van der Waals surface area contributed by atoms with E-state index < -0.39 is 10.0 Å². The first kappa shape index (κ1) is 17.8. The maximum atomic E-state index is 12.9. The monoisotopic (exact) mass is 387 g/mol. The van der Waals surface area contributed by atoms with Gasteiger partial charge in [0.05, 0.1) is 29.5 Å². The van der Waals surface area contributed by atoms with Gasteiger partial charge in [0.2, 0.25) is 5.91 Å². The summed E-state index contributed by atoms with van der Waals surface area (Å²) in [6.07, 6.45) is 0.901. The molecule has 2 heterocycles. The molecule has 0 saturated carbocycles. The largest absolute Gasteiger partial charge is 0.378 e. The number of para-hydroxylation sites is 2. The molecule has 2 N–H and O–H groups in total. The van der Waals surface area contributed by atoms with Crippen LogP contribution in [0.15, 0.2) is 47.4 Å². The fourth-order valence-electron chi connectivity index (χ4n) is 3.37.